The number of hydrogen-bond donors (Lipinski definition) is 1. The first-order valence-corrected chi connectivity index (χ1v) is 7.73. The normalized spacial score (nSPS) is 12.6. The second-order valence-corrected chi connectivity index (χ2v) is 5.61. The number of ether oxygens (including phenoxy) is 1. The van der Waals surface area contributed by atoms with Crippen LogP contribution >= 0.6 is 11.6 Å². The fourth-order valence-electron chi connectivity index (χ4n) is 2.22. The summed E-state index contributed by atoms with van der Waals surface area (Å²) >= 11 is 5.92. The Labute approximate surface area is 131 Å². The van der Waals surface area contributed by atoms with Crippen molar-refractivity contribution < 1.29 is 9.15 Å². The SMILES string of the molecule is CCCNC(c1ccc(Cl)o1)c1ccccc1OC(C)C. The van der Waals surface area contributed by atoms with Gasteiger partial charge in [-0.2, -0.15) is 0 Å². The van der Waals surface area contributed by atoms with Gasteiger partial charge in [-0.25, -0.2) is 0 Å². The van der Waals surface area contributed by atoms with Crippen LogP contribution in [0, 0.1) is 0 Å². The molecule has 0 amide bonds. The number of nitrogens with one attached hydrogen (secondary N) is 1. The van der Waals surface area contributed by atoms with E-state index in [0.29, 0.717) is 5.22 Å². The van der Waals surface area contributed by atoms with Crippen molar-refractivity contribution in [3.63, 3.8) is 0 Å². The lowest BCUT2D eigenvalue weighted by molar-refractivity contribution is 0.237. The topological polar surface area (TPSA) is 34.4 Å². The maximum absolute atomic E-state index is 5.92. The van der Waals surface area contributed by atoms with Gasteiger partial charge in [0, 0.05) is 5.56 Å². The van der Waals surface area contributed by atoms with Crippen molar-refractivity contribution in [1.82, 2.24) is 5.32 Å². The lowest BCUT2D eigenvalue weighted by Crippen LogP contribution is -2.24. The van der Waals surface area contributed by atoms with Crippen molar-refractivity contribution in [2.45, 2.75) is 39.3 Å². The Morgan fingerprint density at radius 1 is 1.19 bits per heavy atom. The molecule has 0 fully saturated rings. The van der Waals surface area contributed by atoms with E-state index in [1.165, 1.54) is 0 Å². The number of halogens is 1. The fourth-order valence-corrected chi connectivity index (χ4v) is 2.37. The zero-order valence-electron chi connectivity index (χ0n) is 12.7. The van der Waals surface area contributed by atoms with Crippen molar-refractivity contribution in [2.24, 2.45) is 0 Å². The summed E-state index contributed by atoms with van der Waals surface area (Å²) in [5.41, 5.74) is 1.06. The van der Waals surface area contributed by atoms with Crippen LogP contribution < -0.4 is 10.1 Å². The third-order valence-corrected chi connectivity index (χ3v) is 3.27. The molecule has 3 nitrogen and oxygen atoms in total. The van der Waals surface area contributed by atoms with Crippen LogP contribution in [0.3, 0.4) is 0 Å². The Kier molecular flexibility index (Phi) is 5.71. The molecule has 1 aromatic carbocycles. The number of furan rings is 1. The summed E-state index contributed by atoms with van der Waals surface area (Å²) in [7, 11) is 0. The second-order valence-electron chi connectivity index (χ2n) is 5.23. The molecular weight excluding hydrogens is 286 g/mol. The third-order valence-electron chi connectivity index (χ3n) is 3.07. The lowest BCUT2D eigenvalue weighted by Gasteiger charge is -2.21. The van der Waals surface area contributed by atoms with Crippen LogP contribution in [0.15, 0.2) is 40.8 Å². The van der Waals surface area contributed by atoms with Gasteiger partial charge in [-0.3, -0.25) is 0 Å². The van der Waals surface area contributed by atoms with Gasteiger partial charge in [0.1, 0.15) is 11.5 Å². The van der Waals surface area contributed by atoms with Gasteiger partial charge in [-0.05, 0) is 56.6 Å². The molecule has 0 saturated carbocycles. The van der Waals surface area contributed by atoms with E-state index >= 15 is 0 Å². The monoisotopic (exact) mass is 307 g/mol. The van der Waals surface area contributed by atoms with Crippen LogP contribution in [-0.2, 0) is 0 Å². The lowest BCUT2D eigenvalue weighted by atomic mass is 10.0. The molecule has 114 valence electrons. The van der Waals surface area contributed by atoms with Crippen LogP contribution in [0.25, 0.3) is 0 Å². The number of rotatable bonds is 7. The molecule has 0 saturated heterocycles. The van der Waals surface area contributed by atoms with Crippen LogP contribution in [-0.4, -0.2) is 12.6 Å². The highest BCUT2D eigenvalue weighted by molar-refractivity contribution is 6.28. The average Bonchev–Trinajstić information content (AvgIpc) is 2.87. The molecule has 1 unspecified atom stereocenters. The van der Waals surface area contributed by atoms with E-state index in [2.05, 4.69) is 18.3 Å². The number of para-hydroxylation sites is 1. The molecule has 0 aliphatic carbocycles. The van der Waals surface area contributed by atoms with E-state index < -0.39 is 0 Å². The minimum atomic E-state index is -0.0626. The Morgan fingerprint density at radius 3 is 2.57 bits per heavy atom. The molecule has 21 heavy (non-hydrogen) atoms. The molecule has 0 spiro atoms. The largest absolute Gasteiger partial charge is 0.491 e. The van der Waals surface area contributed by atoms with Gasteiger partial charge in [0.15, 0.2) is 5.22 Å². The molecule has 1 atom stereocenters. The van der Waals surface area contributed by atoms with E-state index in [4.69, 9.17) is 20.8 Å². The molecule has 1 heterocycles. The van der Waals surface area contributed by atoms with Gasteiger partial charge in [0.2, 0.25) is 0 Å². The van der Waals surface area contributed by atoms with Crippen molar-refractivity contribution in [3.8, 4) is 5.75 Å². The van der Waals surface area contributed by atoms with Crippen molar-refractivity contribution in [1.29, 1.82) is 0 Å². The second kappa shape index (κ2) is 7.53. The Hall–Kier alpha value is -1.45. The third kappa shape index (κ3) is 4.26. The zero-order valence-corrected chi connectivity index (χ0v) is 13.5. The zero-order chi connectivity index (χ0) is 15.2. The van der Waals surface area contributed by atoms with Gasteiger partial charge < -0.3 is 14.5 Å². The molecular formula is C17H22ClNO2. The van der Waals surface area contributed by atoms with E-state index in [1.807, 2.05) is 38.1 Å². The molecule has 0 radical (unpaired) electrons. The van der Waals surface area contributed by atoms with Crippen LogP contribution in [0.1, 0.15) is 44.6 Å². The van der Waals surface area contributed by atoms with E-state index in [0.717, 1.165) is 30.0 Å². The molecule has 2 rings (SSSR count). The molecule has 2 aromatic rings. The van der Waals surface area contributed by atoms with Gasteiger partial charge >= 0.3 is 0 Å². The summed E-state index contributed by atoms with van der Waals surface area (Å²) < 4.78 is 11.5. The van der Waals surface area contributed by atoms with Crippen molar-refractivity contribution in [3.05, 3.63) is 52.9 Å². The minimum Gasteiger partial charge on any atom is -0.491 e. The quantitative estimate of drug-likeness (QED) is 0.797. The molecule has 1 aromatic heterocycles. The van der Waals surface area contributed by atoms with Gasteiger partial charge in [-0.1, -0.05) is 25.1 Å². The maximum Gasteiger partial charge on any atom is 0.193 e. The fraction of sp³-hybridized carbons (Fsp3) is 0.412. The Morgan fingerprint density at radius 2 is 1.95 bits per heavy atom. The first-order chi connectivity index (χ1) is 10.1. The highest BCUT2D eigenvalue weighted by atomic mass is 35.5. The molecule has 0 aliphatic heterocycles. The molecule has 0 aliphatic rings. The Balaban J connectivity index is 2.36. The highest BCUT2D eigenvalue weighted by Crippen LogP contribution is 2.32. The van der Waals surface area contributed by atoms with E-state index in [9.17, 15) is 0 Å². The average molecular weight is 308 g/mol. The minimum absolute atomic E-state index is 0.0626. The molecule has 1 N–H and O–H groups in total. The van der Waals surface area contributed by atoms with Crippen LogP contribution in [0.5, 0.6) is 5.75 Å². The van der Waals surface area contributed by atoms with Gasteiger partial charge in [0.25, 0.3) is 0 Å². The summed E-state index contributed by atoms with van der Waals surface area (Å²) in [6.45, 7) is 7.07. The summed E-state index contributed by atoms with van der Waals surface area (Å²) in [6.07, 6.45) is 1.16. The van der Waals surface area contributed by atoms with E-state index in [1.54, 1.807) is 6.07 Å². The first kappa shape index (κ1) is 15.9. The highest BCUT2D eigenvalue weighted by Gasteiger charge is 2.21. The molecule has 4 heteroatoms. The van der Waals surface area contributed by atoms with Crippen LogP contribution in [0.2, 0.25) is 5.22 Å². The smallest absolute Gasteiger partial charge is 0.193 e. The van der Waals surface area contributed by atoms with Gasteiger partial charge in [0.05, 0.1) is 12.1 Å². The summed E-state index contributed by atoms with van der Waals surface area (Å²) in [6, 6.07) is 11.6. The summed E-state index contributed by atoms with van der Waals surface area (Å²) in [5, 5.41) is 3.90. The standard InChI is InChI=1S/C17H22ClNO2/c1-4-11-19-17(15-9-10-16(18)21-15)13-7-5-6-8-14(13)20-12(2)3/h5-10,12,17,19H,4,11H2,1-3H3. The predicted molar refractivity (Wildman–Crippen MR) is 86.1 cm³/mol. The van der Waals surface area contributed by atoms with Crippen molar-refractivity contribution >= 4 is 11.6 Å². The summed E-state index contributed by atoms with van der Waals surface area (Å²) in [4.78, 5) is 0. The maximum atomic E-state index is 5.92. The molecule has 0 bridgehead atoms. The Bertz CT molecular complexity index is 565. The summed E-state index contributed by atoms with van der Waals surface area (Å²) in [5.74, 6) is 1.67. The number of benzene rings is 1. The van der Waals surface area contributed by atoms with Crippen molar-refractivity contribution in [2.75, 3.05) is 6.54 Å². The number of hydrogen-bond acceptors (Lipinski definition) is 3. The predicted octanol–water partition coefficient (Wildman–Crippen LogP) is 4.81. The van der Waals surface area contributed by atoms with Crippen LogP contribution in [0.4, 0.5) is 0 Å². The first-order valence-electron chi connectivity index (χ1n) is 7.36. The van der Waals surface area contributed by atoms with Gasteiger partial charge in [-0.15, -0.1) is 0 Å². The van der Waals surface area contributed by atoms with E-state index in [-0.39, 0.29) is 12.1 Å².